The molecule has 2 rings (SSSR count). The van der Waals surface area contributed by atoms with E-state index in [9.17, 15) is 4.79 Å². The first-order valence-electron chi connectivity index (χ1n) is 6.92. The second-order valence-electron chi connectivity index (χ2n) is 4.90. The molecule has 1 aromatic rings. The van der Waals surface area contributed by atoms with Gasteiger partial charge in [0.15, 0.2) is 0 Å². The lowest BCUT2D eigenvalue weighted by Crippen LogP contribution is -2.40. The van der Waals surface area contributed by atoms with Crippen LogP contribution in [0.3, 0.4) is 0 Å². The highest BCUT2D eigenvalue weighted by Crippen LogP contribution is 2.08. The van der Waals surface area contributed by atoms with Crippen LogP contribution >= 0.6 is 0 Å². The molecule has 1 fully saturated rings. The van der Waals surface area contributed by atoms with Crippen LogP contribution in [-0.4, -0.2) is 35.0 Å². The van der Waals surface area contributed by atoms with Crippen LogP contribution in [0.1, 0.15) is 31.7 Å². The van der Waals surface area contributed by atoms with Crippen molar-refractivity contribution in [3.05, 3.63) is 24.0 Å². The zero-order valence-corrected chi connectivity index (χ0v) is 11.2. The third-order valence-electron chi connectivity index (χ3n) is 3.49. The number of carbonyl (C=O) groups is 1. The number of nitrogens with zero attached hydrogens (tertiary/aromatic N) is 2. The van der Waals surface area contributed by atoms with Gasteiger partial charge in [-0.1, -0.05) is 0 Å². The van der Waals surface area contributed by atoms with Crippen molar-refractivity contribution in [3.8, 4) is 0 Å². The zero-order valence-electron chi connectivity index (χ0n) is 11.2. The standard InChI is InChI=1S/C14H23N3O/c1-2-16-9-6-13(12-16)10-15-11-14(18)17-7-4-3-5-8-17/h6,9,12,15H,2-5,7-8,10-11H2,1H3. The van der Waals surface area contributed by atoms with Crippen molar-refractivity contribution in [2.24, 2.45) is 0 Å². The molecule has 4 nitrogen and oxygen atoms in total. The number of hydrogen-bond donors (Lipinski definition) is 1. The van der Waals surface area contributed by atoms with Gasteiger partial charge >= 0.3 is 0 Å². The van der Waals surface area contributed by atoms with Gasteiger partial charge in [-0.15, -0.1) is 0 Å². The second-order valence-corrected chi connectivity index (χ2v) is 4.90. The number of carbonyl (C=O) groups excluding carboxylic acids is 1. The van der Waals surface area contributed by atoms with Crippen LogP contribution in [0.5, 0.6) is 0 Å². The number of piperidine rings is 1. The summed E-state index contributed by atoms with van der Waals surface area (Å²) < 4.78 is 2.14. The quantitative estimate of drug-likeness (QED) is 0.861. The molecule has 100 valence electrons. The predicted molar refractivity (Wildman–Crippen MR) is 72.2 cm³/mol. The molecule has 0 bridgehead atoms. The van der Waals surface area contributed by atoms with Crippen molar-refractivity contribution in [1.82, 2.24) is 14.8 Å². The summed E-state index contributed by atoms with van der Waals surface area (Å²) >= 11 is 0. The molecule has 1 N–H and O–H groups in total. The molecule has 0 radical (unpaired) electrons. The van der Waals surface area contributed by atoms with E-state index < -0.39 is 0 Å². The summed E-state index contributed by atoms with van der Waals surface area (Å²) in [4.78, 5) is 13.9. The highest BCUT2D eigenvalue weighted by Gasteiger charge is 2.15. The fourth-order valence-corrected chi connectivity index (χ4v) is 2.36. The average molecular weight is 249 g/mol. The zero-order chi connectivity index (χ0) is 12.8. The van der Waals surface area contributed by atoms with E-state index in [1.807, 2.05) is 4.90 Å². The Labute approximate surface area is 109 Å². The van der Waals surface area contributed by atoms with E-state index in [-0.39, 0.29) is 5.91 Å². The van der Waals surface area contributed by atoms with Crippen LogP contribution in [0, 0.1) is 0 Å². The predicted octanol–water partition coefficient (Wildman–Crippen LogP) is 1.61. The van der Waals surface area contributed by atoms with Gasteiger partial charge in [-0.05, 0) is 37.8 Å². The van der Waals surface area contributed by atoms with Crippen LogP contribution in [-0.2, 0) is 17.9 Å². The normalized spacial score (nSPS) is 15.9. The van der Waals surface area contributed by atoms with E-state index in [1.165, 1.54) is 12.0 Å². The van der Waals surface area contributed by atoms with E-state index >= 15 is 0 Å². The molecule has 1 aliphatic heterocycles. The van der Waals surface area contributed by atoms with Gasteiger partial charge in [0.1, 0.15) is 0 Å². The van der Waals surface area contributed by atoms with Crippen molar-refractivity contribution in [2.75, 3.05) is 19.6 Å². The molecule has 18 heavy (non-hydrogen) atoms. The van der Waals surface area contributed by atoms with Crippen molar-refractivity contribution in [3.63, 3.8) is 0 Å². The summed E-state index contributed by atoms with van der Waals surface area (Å²) in [6, 6.07) is 2.10. The van der Waals surface area contributed by atoms with Gasteiger partial charge in [-0.3, -0.25) is 4.79 Å². The van der Waals surface area contributed by atoms with Crippen LogP contribution in [0.15, 0.2) is 18.5 Å². The van der Waals surface area contributed by atoms with Crippen LogP contribution in [0.2, 0.25) is 0 Å². The molecular weight excluding hydrogens is 226 g/mol. The molecule has 0 spiro atoms. The molecule has 1 aliphatic rings. The molecule has 1 amide bonds. The fourth-order valence-electron chi connectivity index (χ4n) is 2.36. The van der Waals surface area contributed by atoms with E-state index in [4.69, 9.17) is 0 Å². The minimum absolute atomic E-state index is 0.240. The first-order valence-corrected chi connectivity index (χ1v) is 6.92. The van der Waals surface area contributed by atoms with Crippen molar-refractivity contribution in [1.29, 1.82) is 0 Å². The number of likely N-dealkylation sites (tertiary alicyclic amines) is 1. The smallest absolute Gasteiger partial charge is 0.236 e. The van der Waals surface area contributed by atoms with Gasteiger partial charge in [0.25, 0.3) is 0 Å². The molecule has 2 heterocycles. The second kappa shape index (κ2) is 6.59. The molecule has 0 aliphatic carbocycles. The third-order valence-corrected chi connectivity index (χ3v) is 3.49. The number of aryl methyl sites for hydroxylation is 1. The van der Waals surface area contributed by atoms with Crippen LogP contribution in [0.25, 0.3) is 0 Å². The monoisotopic (exact) mass is 249 g/mol. The SMILES string of the molecule is CCn1ccc(CNCC(=O)N2CCCCC2)c1. The Kier molecular flexibility index (Phi) is 4.81. The third kappa shape index (κ3) is 3.60. The summed E-state index contributed by atoms with van der Waals surface area (Å²) in [5.74, 6) is 0.240. The Bertz CT molecular complexity index is 380. The van der Waals surface area contributed by atoms with E-state index in [2.05, 4.69) is 35.3 Å². The number of hydrogen-bond acceptors (Lipinski definition) is 2. The Morgan fingerprint density at radius 2 is 2.11 bits per heavy atom. The van der Waals surface area contributed by atoms with Crippen molar-refractivity contribution in [2.45, 2.75) is 39.3 Å². The van der Waals surface area contributed by atoms with Gasteiger partial charge in [0.2, 0.25) is 5.91 Å². The Morgan fingerprint density at radius 3 is 2.78 bits per heavy atom. The topological polar surface area (TPSA) is 37.3 Å². The summed E-state index contributed by atoms with van der Waals surface area (Å²) in [5.41, 5.74) is 1.24. The molecule has 1 saturated heterocycles. The number of nitrogens with one attached hydrogen (secondary N) is 1. The molecule has 0 atom stereocenters. The first kappa shape index (κ1) is 13.1. The number of amides is 1. The van der Waals surface area contributed by atoms with Crippen LogP contribution < -0.4 is 5.32 Å². The lowest BCUT2D eigenvalue weighted by atomic mass is 10.1. The van der Waals surface area contributed by atoms with Crippen molar-refractivity contribution < 1.29 is 4.79 Å². The van der Waals surface area contributed by atoms with Crippen LogP contribution in [0.4, 0.5) is 0 Å². The highest BCUT2D eigenvalue weighted by atomic mass is 16.2. The van der Waals surface area contributed by atoms with E-state index in [0.29, 0.717) is 6.54 Å². The summed E-state index contributed by atoms with van der Waals surface area (Å²) in [6.07, 6.45) is 7.78. The molecule has 1 aromatic heterocycles. The van der Waals surface area contributed by atoms with Gasteiger partial charge in [0.05, 0.1) is 6.54 Å². The maximum absolute atomic E-state index is 11.9. The van der Waals surface area contributed by atoms with Gasteiger partial charge < -0.3 is 14.8 Å². The Morgan fingerprint density at radius 1 is 1.33 bits per heavy atom. The minimum atomic E-state index is 0.240. The summed E-state index contributed by atoms with van der Waals surface area (Å²) in [5, 5.41) is 3.23. The van der Waals surface area contributed by atoms with Gasteiger partial charge in [-0.25, -0.2) is 0 Å². The Hall–Kier alpha value is -1.29. The maximum atomic E-state index is 11.9. The van der Waals surface area contributed by atoms with Gasteiger partial charge in [-0.2, -0.15) is 0 Å². The number of aromatic nitrogens is 1. The van der Waals surface area contributed by atoms with E-state index in [0.717, 1.165) is 39.0 Å². The molecule has 0 aromatic carbocycles. The minimum Gasteiger partial charge on any atom is -0.354 e. The fraction of sp³-hybridized carbons (Fsp3) is 0.643. The Balaban J connectivity index is 1.69. The summed E-state index contributed by atoms with van der Waals surface area (Å²) in [7, 11) is 0. The lowest BCUT2D eigenvalue weighted by molar-refractivity contribution is -0.131. The molecule has 0 unspecified atom stereocenters. The number of rotatable bonds is 5. The molecular formula is C14H23N3O. The molecule has 0 saturated carbocycles. The average Bonchev–Trinajstić information content (AvgIpc) is 2.87. The first-order chi connectivity index (χ1) is 8.79. The largest absolute Gasteiger partial charge is 0.354 e. The summed E-state index contributed by atoms with van der Waals surface area (Å²) in [6.45, 7) is 6.22. The highest BCUT2D eigenvalue weighted by molar-refractivity contribution is 5.78. The maximum Gasteiger partial charge on any atom is 0.236 e. The molecule has 4 heteroatoms. The lowest BCUT2D eigenvalue weighted by Gasteiger charge is -2.26. The van der Waals surface area contributed by atoms with Gasteiger partial charge in [0, 0.05) is 38.6 Å². The van der Waals surface area contributed by atoms with Crippen molar-refractivity contribution >= 4 is 5.91 Å². The van der Waals surface area contributed by atoms with E-state index in [1.54, 1.807) is 0 Å².